The van der Waals surface area contributed by atoms with Crippen molar-refractivity contribution in [2.24, 2.45) is 0 Å². The van der Waals surface area contributed by atoms with E-state index < -0.39 is 4.92 Å². The van der Waals surface area contributed by atoms with Gasteiger partial charge in [0.05, 0.1) is 11.2 Å². The van der Waals surface area contributed by atoms with Crippen molar-refractivity contribution in [3.8, 4) is 11.3 Å². The molecule has 0 saturated carbocycles. The highest BCUT2D eigenvalue weighted by atomic mass is 35.5. The minimum atomic E-state index is -0.434. The highest BCUT2D eigenvalue weighted by Gasteiger charge is 2.23. The number of hydrogen-bond acceptors (Lipinski definition) is 3. The van der Waals surface area contributed by atoms with Gasteiger partial charge in [-0.15, -0.1) is 0 Å². The van der Waals surface area contributed by atoms with E-state index in [9.17, 15) is 10.1 Å². The fourth-order valence-electron chi connectivity index (χ4n) is 1.97. The fourth-order valence-corrected chi connectivity index (χ4v) is 2.13. The monoisotopic (exact) mass is 273 g/mol. The predicted molar refractivity (Wildman–Crippen MR) is 72.3 cm³/mol. The molecule has 0 spiro atoms. The zero-order valence-corrected chi connectivity index (χ0v) is 10.4. The van der Waals surface area contributed by atoms with Gasteiger partial charge in [0.2, 0.25) is 5.65 Å². The first kappa shape index (κ1) is 11.7. The highest BCUT2D eigenvalue weighted by molar-refractivity contribution is 6.30. The van der Waals surface area contributed by atoms with Crippen LogP contribution in [0.4, 0.5) is 5.82 Å². The van der Waals surface area contributed by atoms with E-state index in [2.05, 4.69) is 4.98 Å². The molecule has 0 unspecified atom stereocenters. The number of nitro groups is 1. The molecular formula is C13H8ClN3O2. The van der Waals surface area contributed by atoms with E-state index in [1.54, 1.807) is 30.5 Å². The molecule has 3 rings (SSSR count). The number of benzene rings is 1. The molecule has 0 radical (unpaired) electrons. The van der Waals surface area contributed by atoms with Gasteiger partial charge in [0.25, 0.3) is 0 Å². The smallest absolute Gasteiger partial charge is 0.355 e. The van der Waals surface area contributed by atoms with Crippen LogP contribution in [0, 0.1) is 10.1 Å². The second kappa shape index (κ2) is 4.37. The molecule has 2 aromatic heterocycles. The van der Waals surface area contributed by atoms with E-state index in [-0.39, 0.29) is 5.82 Å². The fraction of sp³-hybridized carbons (Fsp3) is 0. The molecule has 0 aliphatic heterocycles. The van der Waals surface area contributed by atoms with Gasteiger partial charge in [0, 0.05) is 11.6 Å². The Labute approximate surface area is 113 Å². The molecule has 2 heterocycles. The van der Waals surface area contributed by atoms with Crippen molar-refractivity contribution in [1.29, 1.82) is 0 Å². The Morgan fingerprint density at radius 1 is 1.21 bits per heavy atom. The lowest BCUT2D eigenvalue weighted by Crippen LogP contribution is -1.95. The molecule has 0 atom stereocenters. The molecule has 0 aliphatic rings. The van der Waals surface area contributed by atoms with Gasteiger partial charge in [-0.1, -0.05) is 41.9 Å². The van der Waals surface area contributed by atoms with Gasteiger partial charge in [-0.25, -0.2) is 0 Å². The molecule has 3 aromatic rings. The van der Waals surface area contributed by atoms with Crippen molar-refractivity contribution in [1.82, 2.24) is 9.38 Å². The van der Waals surface area contributed by atoms with Gasteiger partial charge in [0.15, 0.2) is 5.69 Å². The van der Waals surface area contributed by atoms with Crippen LogP contribution in [0.15, 0.2) is 48.7 Å². The average Bonchev–Trinajstić information content (AvgIpc) is 2.78. The molecule has 0 aliphatic carbocycles. The Hall–Kier alpha value is -2.40. The van der Waals surface area contributed by atoms with E-state index in [1.807, 2.05) is 18.2 Å². The minimum absolute atomic E-state index is 0.0575. The summed E-state index contributed by atoms with van der Waals surface area (Å²) in [6, 6.07) is 12.2. The average molecular weight is 274 g/mol. The van der Waals surface area contributed by atoms with Crippen molar-refractivity contribution in [3.63, 3.8) is 0 Å². The summed E-state index contributed by atoms with van der Waals surface area (Å²) in [5.74, 6) is -0.0575. The summed E-state index contributed by atoms with van der Waals surface area (Å²) in [4.78, 5) is 15.1. The lowest BCUT2D eigenvalue weighted by Gasteiger charge is -1.98. The van der Waals surface area contributed by atoms with E-state index in [4.69, 9.17) is 11.6 Å². The van der Waals surface area contributed by atoms with Crippen molar-refractivity contribution in [2.45, 2.75) is 0 Å². The highest BCUT2D eigenvalue weighted by Crippen LogP contribution is 2.30. The van der Waals surface area contributed by atoms with Crippen molar-refractivity contribution in [2.75, 3.05) is 0 Å². The van der Waals surface area contributed by atoms with Crippen LogP contribution in [0.2, 0.25) is 5.02 Å². The molecule has 0 fully saturated rings. The van der Waals surface area contributed by atoms with Crippen LogP contribution in [-0.4, -0.2) is 14.3 Å². The summed E-state index contributed by atoms with van der Waals surface area (Å²) in [6.45, 7) is 0. The van der Waals surface area contributed by atoms with Crippen molar-refractivity contribution < 1.29 is 4.92 Å². The van der Waals surface area contributed by atoms with E-state index in [1.165, 1.54) is 4.40 Å². The minimum Gasteiger partial charge on any atom is -0.358 e. The maximum atomic E-state index is 11.3. The van der Waals surface area contributed by atoms with Crippen molar-refractivity contribution in [3.05, 3.63) is 63.8 Å². The molecule has 0 amide bonds. The van der Waals surface area contributed by atoms with Gasteiger partial charge in [-0.05, 0) is 11.0 Å². The molecule has 19 heavy (non-hydrogen) atoms. The molecule has 5 nitrogen and oxygen atoms in total. The van der Waals surface area contributed by atoms with Gasteiger partial charge in [-0.3, -0.25) is 0 Å². The zero-order valence-electron chi connectivity index (χ0n) is 9.65. The summed E-state index contributed by atoms with van der Waals surface area (Å²) in [5.41, 5.74) is 1.50. The van der Waals surface area contributed by atoms with E-state index in [0.29, 0.717) is 21.9 Å². The number of aromatic nitrogens is 2. The van der Waals surface area contributed by atoms with Gasteiger partial charge >= 0.3 is 5.82 Å². The third-order valence-corrected chi connectivity index (χ3v) is 3.02. The zero-order chi connectivity index (χ0) is 13.4. The number of fused-ring (bicyclic) bond motifs is 1. The lowest BCUT2D eigenvalue weighted by molar-refractivity contribution is -0.389. The van der Waals surface area contributed by atoms with E-state index >= 15 is 0 Å². The summed E-state index contributed by atoms with van der Waals surface area (Å²) in [7, 11) is 0. The first-order valence-electron chi connectivity index (χ1n) is 5.54. The van der Waals surface area contributed by atoms with E-state index in [0.717, 1.165) is 0 Å². The van der Waals surface area contributed by atoms with Crippen LogP contribution in [0.3, 0.4) is 0 Å². The summed E-state index contributed by atoms with van der Waals surface area (Å²) >= 11 is 5.88. The first-order chi connectivity index (χ1) is 9.16. The molecule has 0 N–H and O–H groups in total. The standard InChI is InChI=1S/C13H8ClN3O2/c14-10-6-7-16-11(8-10)15-12(13(16)17(18)19)9-4-2-1-3-5-9/h1-8H. The number of imidazole rings is 1. The number of nitrogens with zero attached hydrogens (tertiary/aromatic N) is 3. The molecule has 0 saturated heterocycles. The third-order valence-electron chi connectivity index (χ3n) is 2.78. The second-order valence-corrected chi connectivity index (χ2v) is 4.42. The van der Waals surface area contributed by atoms with Crippen LogP contribution in [0.25, 0.3) is 16.9 Å². The van der Waals surface area contributed by atoms with Crippen LogP contribution >= 0.6 is 11.6 Å². The quantitative estimate of drug-likeness (QED) is 0.530. The number of pyridine rings is 1. The Morgan fingerprint density at radius 2 is 1.95 bits per heavy atom. The summed E-state index contributed by atoms with van der Waals surface area (Å²) in [6.07, 6.45) is 1.55. The Kier molecular flexibility index (Phi) is 2.68. The third kappa shape index (κ3) is 1.94. The first-order valence-corrected chi connectivity index (χ1v) is 5.92. The Balaban J connectivity index is 2.35. The molecule has 0 bridgehead atoms. The SMILES string of the molecule is O=[N+]([O-])c1c(-c2ccccc2)nc2cc(Cl)ccn12. The second-order valence-electron chi connectivity index (χ2n) is 3.98. The number of hydrogen-bond donors (Lipinski definition) is 0. The summed E-state index contributed by atoms with van der Waals surface area (Å²) in [5, 5.41) is 11.8. The molecular weight excluding hydrogens is 266 g/mol. The van der Waals surface area contributed by atoms with Crippen molar-refractivity contribution >= 4 is 23.1 Å². The lowest BCUT2D eigenvalue weighted by atomic mass is 10.1. The maximum absolute atomic E-state index is 11.3. The van der Waals surface area contributed by atoms with Crippen LogP contribution in [0.5, 0.6) is 0 Å². The molecule has 6 heteroatoms. The number of halogens is 1. The Morgan fingerprint density at radius 3 is 2.63 bits per heavy atom. The van der Waals surface area contributed by atoms with Crippen LogP contribution < -0.4 is 0 Å². The normalized spacial score (nSPS) is 10.8. The molecule has 94 valence electrons. The Bertz CT molecular complexity index is 768. The van der Waals surface area contributed by atoms with Gasteiger partial charge in [-0.2, -0.15) is 9.38 Å². The van der Waals surface area contributed by atoms with Gasteiger partial charge < -0.3 is 10.1 Å². The summed E-state index contributed by atoms with van der Waals surface area (Å²) < 4.78 is 1.42. The predicted octanol–water partition coefficient (Wildman–Crippen LogP) is 3.56. The largest absolute Gasteiger partial charge is 0.358 e. The van der Waals surface area contributed by atoms with Crippen LogP contribution in [0.1, 0.15) is 0 Å². The topological polar surface area (TPSA) is 60.4 Å². The number of rotatable bonds is 2. The molecule has 1 aromatic carbocycles. The van der Waals surface area contributed by atoms with Gasteiger partial charge in [0.1, 0.15) is 0 Å². The van der Waals surface area contributed by atoms with Crippen LogP contribution in [-0.2, 0) is 0 Å². The maximum Gasteiger partial charge on any atom is 0.355 e.